The Labute approximate surface area is 165 Å². The number of hydrogen-bond acceptors (Lipinski definition) is 6. The normalized spacial score (nSPS) is 11.1. The van der Waals surface area contributed by atoms with Gasteiger partial charge in [-0.05, 0) is 24.6 Å². The minimum Gasteiger partial charge on any atom is -0.385 e. The second kappa shape index (κ2) is 10.1. The average molecular weight is 411 g/mol. The summed E-state index contributed by atoms with van der Waals surface area (Å²) in [5.41, 5.74) is 0.642. The van der Waals surface area contributed by atoms with Gasteiger partial charge < -0.3 is 15.4 Å². The number of methoxy groups -OCH3 is 1. The number of para-hydroxylation sites is 1. The summed E-state index contributed by atoms with van der Waals surface area (Å²) in [5, 5.41) is 16.2. The van der Waals surface area contributed by atoms with Gasteiger partial charge in [0.2, 0.25) is 0 Å². The van der Waals surface area contributed by atoms with Crippen LogP contribution in [0.4, 0.5) is 10.8 Å². The second-order valence-corrected chi connectivity index (χ2v) is 6.85. The molecule has 0 bridgehead atoms. The van der Waals surface area contributed by atoms with Gasteiger partial charge in [-0.25, -0.2) is 4.98 Å². The highest BCUT2D eigenvalue weighted by Gasteiger charge is 2.13. The van der Waals surface area contributed by atoms with E-state index in [1.54, 1.807) is 19.2 Å². The lowest BCUT2D eigenvalue weighted by atomic mass is 10.2. The Hall–Kier alpha value is -2.11. The number of rotatable bonds is 8. The molecule has 0 atom stereocenters. The Balaban J connectivity index is 2.11. The lowest BCUT2D eigenvalue weighted by Gasteiger charge is -2.03. The van der Waals surface area contributed by atoms with Gasteiger partial charge in [-0.2, -0.15) is 5.26 Å². The molecule has 1 heterocycles. The van der Waals surface area contributed by atoms with Gasteiger partial charge in [0.25, 0.3) is 5.91 Å². The Morgan fingerprint density at radius 2 is 2.19 bits per heavy atom. The smallest absolute Gasteiger partial charge is 0.261 e. The zero-order chi connectivity index (χ0) is 18.9. The summed E-state index contributed by atoms with van der Waals surface area (Å²) >= 11 is 13.4. The van der Waals surface area contributed by atoms with Crippen LogP contribution in [-0.4, -0.2) is 31.2 Å². The first-order valence-corrected chi connectivity index (χ1v) is 9.19. The number of nitrogens with one attached hydrogen (secondary N) is 2. The van der Waals surface area contributed by atoms with Crippen molar-refractivity contribution in [2.75, 3.05) is 25.6 Å². The van der Waals surface area contributed by atoms with E-state index < -0.39 is 5.91 Å². The van der Waals surface area contributed by atoms with Crippen LogP contribution in [0.2, 0.25) is 10.2 Å². The summed E-state index contributed by atoms with van der Waals surface area (Å²) in [7, 11) is 1.59. The van der Waals surface area contributed by atoms with Gasteiger partial charge in [-0.3, -0.25) is 4.79 Å². The number of ether oxygens (including phenoxy) is 1. The van der Waals surface area contributed by atoms with E-state index in [2.05, 4.69) is 15.6 Å². The molecule has 1 aromatic heterocycles. The molecule has 0 aliphatic heterocycles. The first-order chi connectivity index (χ1) is 12.5. The fourth-order valence-electron chi connectivity index (χ4n) is 1.93. The highest BCUT2D eigenvalue weighted by Crippen LogP contribution is 2.32. The van der Waals surface area contributed by atoms with E-state index in [1.165, 1.54) is 17.4 Å². The van der Waals surface area contributed by atoms with Crippen LogP contribution in [0.5, 0.6) is 0 Å². The summed E-state index contributed by atoms with van der Waals surface area (Å²) in [6.07, 6.45) is 2.08. The standard InChI is InChI=1S/C17H16Cl2N4O2S/c1-25-8-4-7-21-16(24)11(10-20)9-14-15(19)23-17(26-14)22-13-6-3-2-5-12(13)18/h2-3,5-6,9H,4,7-8H2,1H3,(H,21,24)(H,22,23)/b11-9+. The van der Waals surface area contributed by atoms with Crippen LogP contribution in [0, 0.1) is 11.3 Å². The number of nitrogens with zero attached hydrogens (tertiary/aromatic N) is 2. The van der Waals surface area contributed by atoms with Gasteiger partial charge in [0.15, 0.2) is 5.13 Å². The topological polar surface area (TPSA) is 87.0 Å². The average Bonchev–Trinajstić information content (AvgIpc) is 2.97. The van der Waals surface area contributed by atoms with Crippen molar-refractivity contribution in [1.82, 2.24) is 10.3 Å². The van der Waals surface area contributed by atoms with Crippen molar-refractivity contribution in [3.63, 3.8) is 0 Å². The maximum atomic E-state index is 12.1. The Morgan fingerprint density at radius 3 is 2.88 bits per heavy atom. The van der Waals surface area contributed by atoms with E-state index in [1.807, 2.05) is 18.2 Å². The zero-order valence-electron chi connectivity index (χ0n) is 13.9. The number of benzene rings is 1. The predicted molar refractivity (Wildman–Crippen MR) is 105 cm³/mol. The van der Waals surface area contributed by atoms with Gasteiger partial charge >= 0.3 is 0 Å². The minimum atomic E-state index is -0.464. The van der Waals surface area contributed by atoms with Crippen molar-refractivity contribution in [3.8, 4) is 6.07 Å². The third-order valence-electron chi connectivity index (χ3n) is 3.18. The first kappa shape index (κ1) is 20.2. The number of hydrogen-bond donors (Lipinski definition) is 2. The molecule has 0 saturated heterocycles. The minimum absolute atomic E-state index is 0.0442. The van der Waals surface area contributed by atoms with Crippen molar-refractivity contribution < 1.29 is 9.53 Å². The van der Waals surface area contributed by atoms with Gasteiger partial charge in [-0.15, -0.1) is 0 Å². The Bertz CT molecular complexity index is 846. The number of amides is 1. The molecule has 0 aliphatic rings. The van der Waals surface area contributed by atoms with Gasteiger partial charge in [0, 0.05) is 20.3 Å². The molecule has 2 rings (SSSR count). The molecular weight excluding hydrogens is 395 g/mol. The predicted octanol–water partition coefficient (Wildman–Crippen LogP) is 4.25. The van der Waals surface area contributed by atoms with Gasteiger partial charge in [-0.1, -0.05) is 46.7 Å². The lowest BCUT2D eigenvalue weighted by molar-refractivity contribution is -0.117. The quantitative estimate of drug-likeness (QED) is 0.385. The molecule has 6 nitrogen and oxygen atoms in total. The number of carbonyl (C=O) groups excluding carboxylic acids is 1. The first-order valence-electron chi connectivity index (χ1n) is 7.62. The summed E-state index contributed by atoms with van der Waals surface area (Å²) in [4.78, 5) is 16.8. The molecule has 2 N–H and O–H groups in total. The van der Waals surface area contributed by atoms with E-state index in [4.69, 9.17) is 27.9 Å². The van der Waals surface area contributed by atoms with Gasteiger partial charge in [0.05, 0.1) is 15.6 Å². The lowest BCUT2D eigenvalue weighted by Crippen LogP contribution is -2.26. The number of thiazole rings is 1. The summed E-state index contributed by atoms with van der Waals surface area (Å²) in [6.45, 7) is 0.949. The number of aromatic nitrogens is 1. The third-order valence-corrected chi connectivity index (χ3v) is 4.82. The van der Waals surface area contributed by atoms with Crippen LogP contribution in [0.1, 0.15) is 11.3 Å². The largest absolute Gasteiger partial charge is 0.385 e. The Kier molecular flexibility index (Phi) is 7.88. The van der Waals surface area contributed by atoms with Crippen LogP contribution in [0.15, 0.2) is 29.8 Å². The monoisotopic (exact) mass is 410 g/mol. The maximum absolute atomic E-state index is 12.1. The van der Waals surface area contributed by atoms with Crippen LogP contribution in [0.3, 0.4) is 0 Å². The van der Waals surface area contributed by atoms with Gasteiger partial charge in [0.1, 0.15) is 16.8 Å². The molecule has 0 unspecified atom stereocenters. The van der Waals surface area contributed by atoms with Crippen molar-refractivity contribution in [3.05, 3.63) is 44.9 Å². The second-order valence-electron chi connectivity index (χ2n) is 5.05. The molecule has 0 radical (unpaired) electrons. The van der Waals surface area contributed by atoms with E-state index >= 15 is 0 Å². The molecule has 136 valence electrons. The van der Waals surface area contributed by atoms with Crippen molar-refractivity contribution >= 4 is 57.3 Å². The number of anilines is 2. The molecule has 2 aromatic rings. The fourth-order valence-corrected chi connectivity index (χ4v) is 3.23. The molecule has 1 amide bonds. The molecule has 26 heavy (non-hydrogen) atoms. The van der Waals surface area contributed by atoms with E-state index in [9.17, 15) is 10.1 Å². The van der Waals surface area contributed by atoms with Crippen molar-refractivity contribution in [2.45, 2.75) is 6.42 Å². The van der Waals surface area contributed by atoms with Crippen molar-refractivity contribution in [1.29, 1.82) is 5.26 Å². The molecule has 0 spiro atoms. The number of nitriles is 1. The summed E-state index contributed by atoms with van der Waals surface area (Å²) in [6, 6.07) is 9.10. The Morgan fingerprint density at radius 1 is 1.42 bits per heavy atom. The molecule has 9 heteroatoms. The third kappa shape index (κ3) is 5.71. The zero-order valence-corrected chi connectivity index (χ0v) is 16.2. The van der Waals surface area contributed by atoms with E-state index in [0.29, 0.717) is 40.3 Å². The molecular formula is C17H16Cl2N4O2S. The summed E-state index contributed by atoms with van der Waals surface area (Å²) in [5.74, 6) is -0.464. The van der Waals surface area contributed by atoms with E-state index in [-0.39, 0.29) is 10.7 Å². The maximum Gasteiger partial charge on any atom is 0.261 e. The fraction of sp³-hybridized carbons (Fsp3) is 0.235. The molecule has 0 saturated carbocycles. The van der Waals surface area contributed by atoms with Crippen LogP contribution in [0.25, 0.3) is 6.08 Å². The molecule has 0 fully saturated rings. The van der Waals surface area contributed by atoms with Crippen LogP contribution >= 0.6 is 34.5 Å². The van der Waals surface area contributed by atoms with Crippen LogP contribution < -0.4 is 10.6 Å². The van der Waals surface area contributed by atoms with Crippen molar-refractivity contribution in [2.24, 2.45) is 0 Å². The molecule has 1 aromatic carbocycles. The number of carbonyl (C=O) groups is 1. The summed E-state index contributed by atoms with van der Waals surface area (Å²) < 4.78 is 4.91. The SMILES string of the molecule is COCCCNC(=O)/C(C#N)=C/c1sc(Nc2ccccc2Cl)nc1Cl. The number of halogens is 2. The highest BCUT2D eigenvalue weighted by molar-refractivity contribution is 7.17. The van der Waals surface area contributed by atoms with E-state index in [0.717, 1.165) is 0 Å². The molecule has 0 aliphatic carbocycles. The highest BCUT2D eigenvalue weighted by atomic mass is 35.5. The van der Waals surface area contributed by atoms with Crippen LogP contribution in [-0.2, 0) is 9.53 Å².